The molecule has 0 N–H and O–H groups in total. The average molecular weight is 308 g/mol. The Labute approximate surface area is 133 Å². The predicted octanol–water partition coefficient (Wildman–Crippen LogP) is 4.72. The van der Waals surface area contributed by atoms with Crippen LogP contribution in [0.1, 0.15) is 69.7 Å². The summed E-state index contributed by atoms with van der Waals surface area (Å²) in [6.45, 7) is 7.68. The van der Waals surface area contributed by atoms with Gasteiger partial charge in [0.15, 0.2) is 0 Å². The maximum atomic E-state index is 6.40. The molecule has 2 aliphatic rings. The van der Waals surface area contributed by atoms with Crippen molar-refractivity contribution >= 4 is 17.4 Å². The van der Waals surface area contributed by atoms with Crippen LogP contribution in [0.4, 0.5) is 5.82 Å². The van der Waals surface area contributed by atoms with E-state index in [4.69, 9.17) is 16.6 Å². The highest BCUT2D eigenvalue weighted by Gasteiger charge is 2.31. The number of hydrogen-bond donors (Lipinski definition) is 0. The van der Waals surface area contributed by atoms with E-state index in [1.54, 1.807) is 0 Å². The quantitative estimate of drug-likeness (QED) is 0.737. The second-order valence-corrected chi connectivity index (χ2v) is 7.44. The van der Waals surface area contributed by atoms with Crippen LogP contribution >= 0.6 is 11.6 Å². The molecule has 0 saturated heterocycles. The summed E-state index contributed by atoms with van der Waals surface area (Å²) in [6, 6.07) is 0.629. The Bertz CT molecular complexity index is 505. The molecule has 2 aliphatic carbocycles. The van der Waals surface area contributed by atoms with Crippen molar-refractivity contribution in [1.29, 1.82) is 0 Å². The number of hydrogen-bond acceptors (Lipinski definition) is 3. The topological polar surface area (TPSA) is 29.0 Å². The Balaban J connectivity index is 1.96. The molecule has 0 atom stereocenters. The number of aromatic nitrogens is 2. The maximum absolute atomic E-state index is 6.40. The largest absolute Gasteiger partial charge is 0.353 e. The predicted molar refractivity (Wildman–Crippen MR) is 88.2 cm³/mol. The maximum Gasteiger partial charge on any atom is 0.137 e. The van der Waals surface area contributed by atoms with Crippen LogP contribution in [-0.2, 0) is 0 Å². The summed E-state index contributed by atoms with van der Waals surface area (Å²) in [5, 5.41) is 0.647. The van der Waals surface area contributed by atoms with E-state index in [2.05, 4.69) is 30.7 Å². The van der Waals surface area contributed by atoms with Gasteiger partial charge in [-0.05, 0) is 38.5 Å². The summed E-state index contributed by atoms with van der Waals surface area (Å²) >= 11 is 6.40. The third-order valence-corrected chi connectivity index (χ3v) is 4.99. The molecule has 1 aromatic rings. The van der Waals surface area contributed by atoms with Gasteiger partial charge in [-0.2, -0.15) is 0 Å². The normalized spacial score (nSPS) is 19.5. The molecule has 3 rings (SSSR count). The lowest BCUT2D eigenvalue weighted by atomic mass is 10.1. The molecule has 2 fully saturated rings. The van der Waals surface area contributed by atoms with Crippen molar-refractivity contribution in [3.8, 4) is 0 Å². The lowest BCUT2D eigenvalue weighted by Gasteiger charge is -2.33. The van der Waals surface area contributed by atoms with Gasteiger partial charge >= 0.3 is 0 Å². The minimum absolute atomic E-state index is 0.548. The molecule has 116 valence electrons. The molecule has 4 heteroatoms. The van der Waals surface area contributed by atoms with Crippen molar-refractivity contribution in [2.75, 3.05) is 11.4 Å². The number of anilines is 1. The van der Waals surface area contributed by atoms with Gasteiger partial charge in [0.2, 0.25) is 0 Å². The van der Waals surface area contributed by atoms with Crippen molar-refractivity contribution in [1.82, 2.24) is 9.97 Å². The molecular formula is C17H26ClN3. The fourth-order valence-corrected chi connectivity index (χ4v) is 3.49. The second kappa shape index (κ2) is 6.12. The zero-order valence-corrected chi connectivity index (χ0v) is 14.2. The van der Waals surface area contributed by atoms with Crippen LogP contribution in [0.2, 0.25) is 5.15 Å². The number of rotatable bonds is 5. The minimum Gasteiger partial charge on any atom is -0.353 e. The first-order valence-electron chi connectivity index (χ1n) is 8.37. The molecule has 2 saturated carbocycles. The highest BCUT2D eigenvalue weighted by Crippen LogP contribution is 2.40. The van der Waals surface area contributed by atoms with Crippen LogP contribution in [0.3, 0.4) is 0 Å². The van der Waals surface area contributed by atoms with Gasteiger partial charge in [0.25, 0.3) is 0 Å². The van der Waals surface area contributed by atoms with Gasteiger partial charge in [-0.25, -0.2) is 9.97 Å². The fourth-order valence-electron chi connectivity index (χ4n) is 3.32. The highest BCUT2D eigenvalue weighted by molar-refractivity contribution is 6.30. The number of nitrogens with zero attached hydrogens (tertiary/aromatic N) is 3. The van der Waals surface area contributed by atoms with Crippen LogP contribution in [0.15, 0.2) is 0 Å². The van der Waals surface area contributed by atoms with Crippen molar-refractivity contribution in [3.05, 3.63) is 16.5 Å². The summed E-state index contributed by atoms with van der Waals surface area (Å²) in [6.07, 6.45) is 7.68. The molecule has 0 unspecified atom stereocenters. The lowest BCUT2D eigenvalue weighted by molar-refractivity contribution is 0.529. The van der Waals surface area contributed by atoms with Gasteiger partial charge in [0.05, 0.1) is 0 Å². The van der Waals surface area contributed by atoms with E-state index in [1.807, 2.05) is 0 Å². The first-order valence-corrected chi connectivity index (χ1v) is 8.74. The highest BCUT2D eigenvalue weighted by atomic mass is 35.5. The molecule has 0 amide bonds. The Morgan fingerprint density at radius 3 is 2.38 bits per heavy atom. The van der Waals surface area contributed by atoms with Crippen LogP contribution in [0, 0.1) is 12.8 Å². The molecule has 0 spiro atoms. The summed E-state index contributed by atoms with van der Waals surface area (Å²) in [7, 11) is 0. The molecule has 0 aliphatic heterocycles. The van der Waals surface area contributed by atoms with Crippen LogP contribution in [0.25, 0.3) is 0 Å². The van der Waals surface area contributed by atoms with E-state index in [0.29, 0.717) is 23.0 Å². The van der Waals surface area contributed by atoms with Gasteiger partial charge in [0, 0.05) is 24.1 Å². The summed E-state index contributed by atoms with van der Waals surface area (Å²) in [5.74, 6) is 3.24. The third-order valence-electron chi connectivity index (χ3n) is 4.62. The zero-order chi connectivity index (χ0) is 15.0. The standard InChI is InChI=1S/C17H26ClN3/c1-11(2)10-21(14-6-4-5-7-14)17-12(3)15(18)19-16(20-17)13-8-9-13/h11,13-14H,4-10H2,1-3H3. The molecule has 0 aromatic carbocycles. The fraction of sp³-hybridized carbons (Fsp3) is 0.765. The van der Waals surface area contributed by atoms with Crippen LogP contribution < -0.4 is 4.90 Å². The molecule has 21 heavy (non-hydrogen) atoms. The van der Waals surface area contributed by atoms with Gasteiger partial charge in [0.1, 0.15) is 16.8 Å². The average Bonchev–Trinajstić information content (AvgIpc) is 3.14. The molecular weight excluding hydrogens is 282 g/mol. The van der Waals surface area contributed by atoms with Crippen molar-refractivity contribution in [3.63, 3.8) is 0 Å². The van der Waals surface area contributed by atoms with Crippen molar-refractivity contribution in [2.45, 2.75) is 71.3 Å². The molecule has 1 heterocycles. The van der Waals surface area contributed by atoms with E-state index >= 15 is 0 Å². The van der Waals surface area contributed by atoms with Crippen molar-refractivity contribution < 1.29 is 0 Å². The second-order valence-electron chi connectivity index (χ2n) is 7.08. The summed E-state index contributed by atoms with van der Waals surface area (Å²) < 4.78 is 0. The smallest absolute Gasteiger partial charge is 0.137 e. The van der Waals surface area contributed by atoms with E-state index in [9.17, 15) is 0 Å². The lowest BCUT2D eigenvalue weighted by Crippen LogP contribution is -2.37. The van der Waals surface area contributed by atoms with E-state index in [0.717, 1.165) is 23.8 Å². The summed E-state index contributed by atoms with van der Waals surface area (Å²) in [5.41, 5.74) is 1.05. The Hall–Kier alpha value is -0.830. The van der Waals surface area contributed by atoms with Gasteiger partial charge in [-0.1, -0.05) is 38.3 Å². The minimum atomic E-state index is 0.548. The first kappa shape index (κ1) is 15.1. The first-order chi connectivity index (χ1) is 10.1. The van der Waals surface area contributed by atoms with E-state index < -0.39 is 0 Å². The Morgan fingerprint density at radius 1 is 1.14 bits per heavy atom. The van der Waals surface area contributed by atoms with Gasteiger partial charge < -0.3 is 4.90 Å². The Morgan fingerprint density at radius 2 is 1.81 bits per heavy atom. The molecule has 0 radical (unpaired) electrons. The SMILES string of the molecule is Cc1c(Cl)nc(C2CC2)nc1N(CC(C)C)C1CCCC1. The molecule has 1 aromatic heterocycles. The van der Waals surface area contributed by atoms with Gasteiger partial charge in [-0.15, -0.1) is 0 Å². The summed E-state index contributed by atoms with van der Waals surface area (Å²) in [4.78, 5) is 12.0. The van der Waals surface area contributed by atoms with E-state index in [1.165, 1.54) is 38.5 Å². The monoisotopic (exact) mass is 307 g/mol. The van der Waals surface area contributed by atoms with E-state index in [-0.39, 0.29) is 0 Å². The Kier molecular flexibility index (Phi) is 4.39. The molecule has 0 bridgehead atoms. The zero-order valence-electron chi connectivity index (χ0n) is 13.4. The van der Waals surface area contributed by atoms with Crippen LogP contribution in [-0.4, -0.2) is 22.6 Å². The van der Waals surface area contributed by atoms with Crippen LogP contribution in [0.5, 0.6) is 0 Å². The third kappa shape index (κ3) is 3.33. The molecule has 3 nitrogen and oxygen atoms in total. The van der Waals surface area contributed by atoms with Gasteiger partial charge in [-0.3, -0.25) is 0 Å². The van der Waals surface area contributed by atoms with Crippen molar-refractivity contribution in [2.24, 2.45) is 5.92 Å². The number of halogens is 1.